The average molecular weight is 1490 g/mol. The SMILES string of the molecule is C[C@@H](O)[C@@H]1NC(=O)[C@H](CCCCN)NC(=O)[C@@H](Cc2c[nH]c3ccccc23)NC(=O)[C@H](Cc2ccc([O-])cc2)NC(=O)[C@@H](NC(=O)[C@@H](Cc2ccccc2)NC(=O)c2ccc(NN)nc2)CSSC[C@@H](C(=O)N[C@H](CO)[C@@H](C)O)NC1=O.O=C([O-])CNCCNCC(=O)[O-].[Cl-].[OH-].[Tc+5]. The largest absolute Gasteiger partial charge is 5.00 e. The third-order valence-electron chi connectivity index (χ3n) is 14.4. The van der Waals surface area contributed by atoms with Crippen LogP contribution in [0.25, 0.3) is 10.9 Å². The Morgan fingerprint density at radius 1 is 0.711 bits per heavy atom. The molecule has 1 saturated heterocycles. The molecular formula is C61H81ClN15O17S2Tc. The van der Waals surface area contributed by atoms with E-state index in [2.05, 4.69) is 68.6 Å². The van der Waals surface area contributed by atoms with Gasteiger partial charge in [-0.05, 0) is 74.5 Å². The van der Waals surface area contributed by atoms with Gasteiger partial charge in [0.1, 0.15) is 48.1 Å². The minimum absolute atomic E-state index is 0. The van der Waals surface area contributed by atoms with E-state index in [9.17, 15) is 78.6 Å². The number of carbonyl (C=O) groups excluding carboxylic acids is 10. The van der Waals surface area contributed by atoms with E-state index in [-0.39, 0.29) is 112 Å². The molecule has 1 aliphatic heterocycles. The molecule has 8 amide bonds. The number of aliphatic carboxylic acids is 2. The number of nitrogens with two attached hydrogens (primary N) is 2. The molecule has 0 radical (unpaired) electrons. The molecule has 0 aliphatic carbocycles. The van der Waals surface area contributed by atoms with Gasteiger partial charge in [-0.3, -0.25) is 38.4 Å². The Hall–Kier alpha value is -8.03. The molecule has 0 saturated carbocycles. The van der Waals surface area contributed by atoms with Gasteiger partial charge in [-0.1, -0.05) is 94.4 Å². The fraction of sp³-hybridized carbons (Fsp3) is 0.426. The topological polar surface area (TPSA) is 544 Å². The summed E-state index contributed by atoms with van der Waals surface area (Å²) in [6.45, 7) is 2.38. The summed E-state index contributed by atoms with van der Waals surface area (Å²) in [7, 11) is 1.89. The van der Waals surface area contributed by atoms with Gasteiger partial charge in [0.15, 0.2) is 0 Å². The van der Waals surface area contributed by atoms with Crippen LogP contribution in [0.2, 0.25) is 0 Å². The number of anilines is 1. The van der Waals surface area contributed by atoms with E-state index in [0.717, 1.165) is 21.6 Å². The zero-order valence-corrected chi connectivity index (χ0v) is 57.0. The number of nitrogens with one attached hydrogen (secondary N) is 12. The van der Waals surface area contributed by atoms with E-state index in [1.165, 1.54) is 56.4 Å². The first-order chi connectivity index (χ1) is 45.0. The molecule has 2 aromatic heterocycles. The first-order valence-electron chi connectivity index (χ1n) is 29.9. The molecule has 3 aromatic carbocycles. The van der Waals surface area contributed by atoms with Crippen LogP contribution >= 0.6 is 21.6 Å². The third kappa shape index (κ3) is 29.3. The zero-order chi connectivity index (χ0) is 68.7. The summed E-state index contributed by atoms with van der Waals surface area (Å²) in [6, 6.07) is 12.6. The van der Waals surface area contributed by atoms with Gasteiger partial charge in [0.05, 0.1) is 42.4 Å². The van der Waals surface area contributed by atoms with Gasteiger partial charge < -0.3 is 127 Å². The molecule has 5 aromatic rings. The molecule has 20 N–H and O–H groups in total. The Morgan fingerprint density at radius 3 is 1.90 bits per heavy atom. The number of amides is 8. The molecule has 32 nitrogen and oxygen atoms in total. The molecule has 6 rings (SSSR count). The number of fused-ring (bicyclic) bond motifs is 1. The van der Waals surface area contributed by atoms with Crippen molar-refractivity contribution in [2.24, 2.45) is 11.6 Å². The van der Waals surface area contributed by atoms with Crippen LogP contribution in [0, 0.1) is 0 Å². The van der Waals surface area contributed by atoms with Crippen molar-refractivity contribution in [3.63, 3.8) is 0 Å². The predicted octanol–water partition coefficient (Wildman–Crippen LogP) is -9.09. The fourth-order valence-corrected chi connectivity index (χ4v) is 11.6. The monoisotopic (exact) mass is 1490 g/mol. The number of rotatable bonds is 27. The average Bonchev–Trinajstić information content (AvgIpc) is 1.76. The molecule has 0 unspecified atom stereocenters. The summed E-state index contributed by atoms with van der Waals surface area (Å²) in [5.41, 5.74) is 10.6. The Bertz CT molecular complexity index is 3300. The number of hydrogen-bond acceptors (Lipinski definition) is 25. The van der Waals surface area contributed by atoms with Crippen molar-refractivity contribution < 1.29 is 117 Å². The van der Waals surface area contributed by atoms with Gasteiger partial charge in [0.25, 0.3) is 5.91 Å². The van der Waals surface area contributed by atoms with Crippen LogP contribution < -0.4 is 97.9 Å². The van der Waals surface area contributed by atoms with E-state index < -0.39 is 126 Å². The summed E-state index contributed by atoms with van der Waals surface area (Å²) >= 11 is 0. The Morgan fingerprint density at radius 2 is 1.31 bits per heavy atom. The molecule has 0 spiro atoms. The fourth-order valence-electron chi connectivity index (χ4n) is 9.24. The number of unbranched alkanes of at least 4 members (excludes halogenated alkanes) is 1. The Balaban J connectivity index is 0.00000194. The third-order valence-corrected chi connectivity index (χ3v) is 16.8. The number of aromatic amines is 1. The van der Waals surface area contributed by atoms with E-state index in [1.807, 2.05) is 6.07 Å². The minimum Gasteiger partial charge on any atom is -1.00 e. The molecule has 528 valence electrons. The van der Waals surface area contributed by atoms with Gasteiger partial charge in [0, 0.05) is 80.2 Å². The zero-order valence-electron chi connectivity index (χ0n) is 52.8. The number of hydrogen-bond donors (Lipinski definition) is 17. The van der Waals surface area contributed by atoms with E-state index in [0.29, 0.717) is 53.5 Å². The van der Waals surface area contributed by atoms with Gasteiger partial charge in [-0.25, -0.2) is 10.8 Å². The molecule has 0 bridgehead atoms. The maximum atomic E-state index is 15.0. The van der Waals surface area contributed by atoms with Crippen molar-refractivity contribution in [1.82, 2.24) is 63.1 Å². The second-order valence-corrected chi connectivity index (χ2v) is 24.3. The maximum Gasteiger partial charge on any atom is 5.00 e. The van der Waals surface area contributed by atoms with Gasteiger partial charge >= 0.3 is 20.1 Å². The van der Waals surface area contributed by atoms with Crippen LogP contribution in [-0.4, -0.2) is 201 Å². The minimum atomic E-state index is -1.73. The number of pyridine rings is 1. The molecule has 10 atom stereocenters. The van der Waals surface area contributed by atoms with Crippen molar-refractivity contribution >= 4 is 97.5 Å². The summed E-state index contributed by atoms with van der Waals surface area (Å²) in [5, 5.41) is 90.3. The number of nitrogen functional groups attached to an aromatic ring is 1. The van der Waals surface area contributed by atoms with Crippen LogP contribution in [0.1, 0.15) is 60.2 Å². The van der Waals surface area contributed by atoms with Crippen molar-refractivity contribution in [2.45, 2.75) is 113 Å². The number of hydrazine groups is 1. The number of aromatic nitrogens is 2. The quantitative estimate of drug-likeness (QED) is 0.0100. The Labute approximate surface area is 586 Å². The van der Waals surface area contributed by atoms with Gasteiger partial charge in [-0.2, -0.15) is 0 Å². The van der Waals surface area contributed by atoms with Gasteiger partial charge in [-0.15, -0.1) is 5.75 Å². The molecule has 97 heavy (non-hydrogen) atoms. The number of H-pyrrole nitrogens is 1. The predicted molar refractivity (Wildman–Crippen MR) is 345 cm³/mol. The second-order valence-electron chi connectivity index (χ2n) is 21.7. The first-order valence-corrected chi connectivity index (χ1v) is 32.4. The van der Waals surface area contributed by atoms with Crippen molar-refractivity contribution in [1.29, 1.82) is 0 Å². The molecule has 1 fully saturated rings. The van der Waals surface area contributed by atoms with E-state index in [1.54, 1.807) is 54.7 Å². The molecule has 1 aliphatic rings. The number of aliphatic hydroxyl groups excluding tert-OH is 3. The normalized spacial score (nSPS) is 19.1. The van der Waals surface area contributed by atoms with Crippen LogP contribution in [0.15, 0.2) is 103 Å². The summed E-state index contributed by atoms with van der Waals surface area (Å²) < 4.78 is 0. The van der Waals surface area contributed by atoms with Gasteiger partial charge in [0.2, 0.25) is 41.4 Å². The summed E-state index contributed by atoms with van der Waals surface area (Å²) in [5.74, 6) is -4.60. The van der Waals surface area contributed by atoms with Crippen LogP contribution in [0.5, 0.6) is 5.75 Å². The number of carboxylic acid groups (broad SMARTS) is 2. The van der Waals surface area contributed by atoms with Crippen LogP contribution in [-0.2, 0) is 82.5 Å². The number of carboxylic acids is 2. The molecule has 3 heterocycles. The van der Waals surface area contributed by atoms with Crippen molar-refractivity contribution in [2.75, 3.05) is 56.3 Å². The number of aliphatic hydroxyl groups is 3. The molecular weight excluding hydrogens is 1410 g/mol. The summed E-state index contributed by atoms with van der Waals surface area (Å²) in [4.78, 5) is 143. The second kappa shape index (κ2) is 44.7. The number of benzene rings is 3. The van der Waals surface area contributed by atoms with Crippen LogP contribution in [0.4, 0.5) is 5.82 Å². The van der Waals surface area contributed by atoms with E-state index >= 15 is 0 Å². The van der Waals surface area contributed by atoms with Crippen molar-refractivity contribution in [3.05, 3.63) is 126 Å². The smallest absolute Gasteiger partial charge is 1.00 e. The van der Waals surface area contributed by atoms with Crippen LogP contribution in [0.3, 0.4) is 0 Å². The van der Waals surface area contributed by atoms with E-state index in [4.69, 9.17) is 11.6 Å². The molecule has 36 heteroatoms. The first kappa shape index (κ1) is 85.1. The number of halogens is 1. The number of nitrogens with zero attached hydrogens (tertiary/aromatic N) is 1. The maximum absolute atomic E-state index is 15.0. The van der Waals surface area contributed by atoms with Crippen molar-refractivity contribution in [3.8, 4) is 5.75 Å². The Kier molecular flexibility index (Phi) is 39.2. The number of para-hydroxylation sites is 1. The summed E-state index contributed by atoms with van der Waals surface area (Å²) in [6.07, 6.45) is 0.291. The number of carbonyl (C=O) groups is 10. The standard InChI is InChI=1S/C55H71N13O12S2.C6H12N2O4.ClH.H2O.Tc/c1-30(70)43(27-69)64-54(79)45-29-82-81-28-44(65-51(76)40(22-32-10-4-3-5-11-32)61-48(73)34-17-20-46(68-57)59-25-34)53(78)62-41(23-33-15-18-36(72)19-16-33)50(75)63-42(24-35-26-58-38-13-7-6-12-37(35)38)52(77)60-39(14-8-9-21-56)49(74)67-47(31(2)71)55(80)66-45;9-5(10)3-7-1-2-8-4-6(11)12;;;/h3-7,10-13,15-20,25-26,30-31,39-45,47,58,69-72H,8-9,14,21-24,27-29,56-57H2,1-2H3,(H,59,68)(H,60,77)(H,61,73)(H,62,78)(H,63,75)(H,64,79)(H,65,76)(H,66,80)(H,67,74);7-8H,1-4H2,(H,9,10)(H,11,12);1H;1H2;/q;;;;+5/p-5/t30-,31-,39+,40-,41+,42-,43-,44+,45+,47+;;;;/m1..../s1.